The molecule has 2 saturated heterocycles. The molecule has 0 aliphatic carbocycles. The summed E-state index contributed by atoms with van der Waals surface area (Å²) in [5.41, 5.74) is 1.17. The van der Waals surface area contributed by atoms with Crippen LogP contribution in [0.4, 0.5) is 4.39 Å². The predicted molar refractivity (Wildman–Crippen MR) is 80.1 cm³/mol. The minimum atomic E-state index is -0.190. The van der Waals surface area contributed by atoms with Crippen molar-refractivity contribution in [1.82, 2.24) is 15.0 Å². The SMILES string of the molecule is Cc1noc([C@@H]2[C@@H](c3ccc(F)cc3)CC3CC[C@H]2N3C)n1. The molecule has 2 bridgehead atoms. The van der Waals surface area contributed by atoms with Crippen LogP contribution in [0.2, 0.25) is 0 Å². The minimum Gasteiger partial charge on any atom is -0.339 e. The van der Waals surface area contributed by atoms with E-state index < -0.39 is 0 Å². The van der Waals surface area contributed by atoms with Crippen LogP contribution in [0.5, 0.6) is 0 Å². The Labute approximate surface area is 129 Å². The lowest BCUT2D eigenvalue weighted by Crippen LogP contribution is -2.44. The number of hydrogen-bond acceptors (Lipinski definition) is 4. The first-order chi connectivity index (χ1) is 10.6. The number of benzene rings is 1. The normalized spacial score (nSPS) is 31.6. The van der Waals surface area contributed by atoms with Crippen LogP contribution in [-0.4, -0.2) is 34.2 Å². The molecule has 2 fully saturated rings. The molecule has 0 spiro atoms. The molecular formula is C17H20FN3O. The summed E-state index contributed by atoms with van der Waals surface area (Å²) in [7, 11) is 2.19. The van der Waals surface area contributed by atoms with Gasteiger partial charge in [-0.1, -0.05) is 17.3 Å². The van der Waals surface area contributed by atoms with E-state index in [-0.39, 0.29) is 11.7 Å². The zero-order valence-corrected chi connectivity index (χ0v) is 12.9. The molecule has 4 atom stereocenters. The van der Waals surface area contributed by atoms with Crippen LogP contribution >= 0.6 is 0 Å². The molecule has 4 rings (SSSR count). The van der Waals surface area contributed by atoms with Gasteiger partial charge in [-0.3, -0.25) is 4.90 Å². The van der Waals surface area contributed by atoms with Gasteiger partial charge in [0.1, 0.15) is 5.82 Å². The molecule has 2 aliphatic rings. The lowest BCUT2D eigenvalue weighted by Gasteiger charge is -2.41. The van der Waals surface area contributed by atoms with Crippen molar-refractivity contribution >= 4 is 0 Å². The Kier molecular flexibility index (Phi) is 3.26. The number of likely N-dealkylation sites (N-methyl/N-ethyl adjacent to an activating group) is 1. The molecule has 4 nitrogen and oxygen atoms in total. The Morgan fingerprint density at radius 3 is 2.68 bits per heavy atom. The third-order valence-corrected chi connectivity index (χ3v) is 5.40. The zero-order valence-electron chi connectivity index (χ0n) is 12.9. The van der Waals surface area contributed by atoms with Gasteiger partial charge in [0.15, 0.2) is 5.82 Å². The van der Waals surface area contributed by atoms with Crippen LogP contribution in [0.1, 0.15) is 48.4 Å². The van der Waals surface area contributed by atoms with Gasteiger partial charge in [-0.2, -0.15) is 4.98 Å². The number of rotatable bonds is 2. The van der Waals surface area contributed by atoms with Gasteiger partial charge in [-0.15, -0.1) is 0 Å². The van der Waals surface area contributed by atoms with Gasteiger partial charge in [0.25, 0.3) is 0 Å². The Balaban J connectivity index is 1.76. The van der Waals surface area contributed by atoms with Crippen molar-refractivity contribution in [3.8, 4) is 0 Å². The standard InChI is InChI=1S/C17H20FN3O/c1-10-19-17(22-20-10)16-14(11-3-5-12(18)6-4-11)9-13-7-8-15(16)21(13)2/h3-6,13-16H,7-9H2,1-2H3/t13?,14-,15-,16-/m1/s1. The van der Waals surface area contributed by atoms with E-state index in [1.807, 2.05) is 19.1 Å². The summed E-state index contributed by atoms with van der Waals surface area (Å²) < 4.78 is 18.8. The van der Waals surface area contributed by atoms with Crippen molar-refractivity contribution < 1.29 is 8.91 Å². The third-order valence-electron chi connectivity index (χ3n) is 5.40. The van der Waals surface area contributed by atoms with Crippen molar-refractivity contribution in [1.29, 1.82) is 0 Å². The molecule has 116 valence electrons. The highest BCUT2D eigenvalue weighted by atomic mass is 19.1. The van der Waals surface area contributed by atoms with E-state index in [1.54, 1.807) is 12.1 Å². The first-order valence-corrected chi connectivity index (χ1v) is 7.91. The molecule has 0 N–H and O–H groups in total. The van der Waals surface area contributed by atoms with E-state index in [0.29, 0.717) is 23.8 Å². The quantitative estimate of drug-likeness (QED) is 0.854. The maximum atomic E-state index is 13.3. The van der Waals surface area contributed by atoms with Crippen LogP contribution in [-0.2, 0) is 0 Å². The fourth-order valence-electron chi connectivity index (χ4n) is 4.30. The van der Waals surface area contributed by atoms with E-state index in [4.69, 9.17) is 4.52 Å². The number of piperidine rings is 1. The smallest absolute Gasteiger partial charge is 0.231 e. The highest BCUT2D eigenvalue weighted by Crippen LogP contribution is 2.50. The zero-order chi connectivity index (χ0) is 15.3. The van der Waals surface area contributed by atoms with Crippen LogP contribution in [0, 0.1) is 12.7 Å². The number of nitrogens with zero attached hydrogens (tertiary/aromatic N) is 3. The van der Waals surface area contributed by atoms with Gasteiger partial charge in [0.05, 0.1) is 5.92 Å². The summed E-state index contributed by atoms with van der Waals surface area (Å²) in [5.74, 6) is 1.72. The monoisotopic (exact) mass is 301 g/mol. The second-order valence-electron chi connectivity index (χ2n) is 6.56. The maximum absolute atomic E-state index is 13.3. The van der Waals surface area contributed by atoms with Crippen molar-refractivity contribution in [2.75, 3.05) is 7.05 Å². The number of hydrogen-bond donors (Lipinski definition) is 0. The van der Waals surface area contributed by atoms with Gasteiger partial charge < -0.3 is 4.52 Å². The summed E-state index contributed by atoms with van der Waals surface area (Å²) in [5, 5.41) is 3.98. The Hall–Kier alpha value is -1.75. The highest BCUT2D eigenvalue weighted by molar-refractivity contribution is 5.27. The van der Waals surface area contributed by atoms with E-state index in [9.17, 15) is 4.39 Å². The Bertz CT molecular complexity index is 669. The summed E-state index contributed by atoms with van der Waals surface area (Å²) in [4.78, 5) is 6.96. The second-order valence-corrected chi connectivity index (χ2v) is 6.56. The molecule has 22 heavy (non-hydrogen) atoms. The van der Waals surface area contributed by atoms with Crippen molar-refractivity contribution in [3.63, 3.8) is 0 Å². The van der Waals surface area contributed by atoms with E-state index in [0.717, 1.165) is 18.7 Å². The lowest BCUT2D eigenvalue weighted by atomic mass is 9.76. The fraction of sp³-hybridized carbons (Fsp3) is 0.529. The fourth-order valence-corrected chi connectivity index (χ4v) is 4.30. The van der Waals surface area contributed by atoms with E-state index in [1.165, 1.54) is 12.0 Å². The molecule has 5 heteroatoms. The summed E-state index contributed by atoms with van der Waals surface area (Å²) >= 11 is 0. The van der Waals surface area contributed by atoms with Crippen LogP contribution in [0.3, 0.4) is 0 Å². The molecule has 0 radical (unpaired) electrons. The molecule has 2 aliphatic heterocycles. The highest BCUT2D eigenvalue weighted by Gasteiger charge is 2.48. The van der Waals surface area contributed by atoms with Gasteiger partial charge >= 0.3 is 0 Å². The second kappa shape index (κ2) is 5.16. The van der Waals surface area contributed by atoms with Gasteiger partial charge in [0, 0.05) is 12.1 Å². The lowest BCUT2D eigenvalue weighted by molar-refractivity contribution is 0.120. The third kappa shape index (κ3) is 2.15. The molecule has 1 aromatic carbocycles. The average Bonchev–Trinajstić information content (AvgIpc) is 3.02. The van der Waals surface area contributed by atoms with Gasteiger partial charge in [0.2, 0.25) is 5.89 Å². The van der Waals surface area contributed by atoms with Crippen molar-refractivity contribution in [2.24, 2.45) is 0 Å². The first kappa shape index (κ1) is 13.9. The molecule has 2 aromatic rings. The van der Waals surface area contributed by atoms with Crippen molar-refractivity contribution in [2.45, 2.75) is 50.1 Å². The van der Waals surface area contributed by atoms with E-state index in [2.05, 4.69) is 22.1 Å². The maximum Gasteiger partial charge on any atom is 0.231 e. The number of aromatic nitrogens is 2. The summed E-state index contributed by atoms with van der Waals surface area (Å²) in [6.45, 7) is 1.85. The largest absolute Gasteiger partial charge is 0.339 e. The minimum absolute atomic E-state index is 0.190. The van der Waals surface area contributed by atoms with E-state index >= 15 is 0 Å². The Morgan fingerprint density at radius 2 is 2.00 bits per heavy atom. The number of halogens is 1. The molecule has 0 amide bonds. The molecule has 0 saturated carbocycles. The molecule has 1 aromatic heterocycles. The summed E-state index contributed by atoms with van der Waals surface area (Å²) in [6, 6.07) is 7.92. The molecular weight excluding hydrogens is 281 g/mol. The predicted octanol–water partition coefficient (Wildman–Crippen LogP) is 3.25. The van der Waals surface area contributed by atoms with Crippen LogP contribution < -0.4 is 0 Å². The average molecular weight is 301 g/mol. The summed E-state index contributed by atoms with van der Waals surface area (Å²) in [6.07, 6.45) is 3.43. The molecule has 1 unspecified atom stereocenters. The molecule has 3 heterocycles. The topological polar surface area (TPSA) is 42.2 Å². The van der Waals surface area contributed by atoms with Crippen LogP contribution in [0.15, 0.2) is 28.8 Å². The van der Waals surface area contributed by atoms with Crippen LogP contribution in [0.25, 0.3) is 0 Å². The Morgan fingerprint density at radius 1 is 1.23 bits per heavy atom. The van der Waals surface area contributed by atoms with Crippen molar-refractivity contribution in [3.05, 3.63) is 47.4 Å². The first-order valence-electron chi connectivity index (χ1n) is 7.91. The number of aryl methyl sites for hydroxylation is 1. The number of fused-ring (bicyclic) bond motifs is 2. The van der Waals surface area contributed by atoms with Gasteiger partial charge in [-0.25, -0.2) is 4.39 Å². The van der Waals surface area contributed by atoms with Gasteiger partial charge in [-0.05, 0) is 56.8 Å².